The van der Waals surface area contributed by atoms with Crippen LogP contribution in [0, 0.1) is 6.92 Å². The van der Waals surface area contributed by atoms with E-state index >= 15 is 0 Å². The van der Waals surface area contributed by atoms with Crippen molar-refractivity contribution in [1.82, 2.24) is 9.55 Å². The van der Waals surface area contributed by atoms with Gasteiger partial charge in [-0.15, -0.1) is 0 Å². The van der Waals surface area contributed by atoms with E-state index in [-0.39, 0.29) is 6.04 Å². The summed E-state index contributed by atoms with van der Waals surface area (Å²) in [4.78, 5) is 4.23. The Morgan fingerprint density at radius 2 is 1.95 bits per heavy atom. The highest BCUT2D eigenvalue weighted by Crippen LogP contribution is 2.09. The van der Waals surface area contributed by atoms with Crippen LogP contribution in [0.15, 0.2) is 42.7 Å². The summed E-state index contributed by atoms with van der Waals surface area (Å²) >= 11 is 0. The molecule has 1 unspecified atom stereocenters. The number of aromatic nitrogens is 2. The van der Waals surface area contributed by atoms with Gasteiger partial charge in [0, 0.05) is 25.0 Å². The number of unbranched alkanes of at least 4 members (excludes halogenated alkanes) is 2. The van der Waals surface area contributed by atoms with Gasteiger partial charge in [-0.3, -0.25) is 0 Å². The summed E-state index contributed by atoms with van der Waals surface area (Å²) in [5, 5.41) is 0. The first-order valence-electron chi connectivity index (χ1n) is 7.53. The molecule has 108 valence electrons. The van der Waals surface area contributed by atoms with Crippen LogP contribution in [0.4, 0.5) is 0 Å². The molecular formula is C17H25N3. The molecule has 0 aliphatic rings. The first-order chi connectivity index (χ1) is 9.75. The van der Waals surface area contributed by atoms with E-state index < -0.39 is 0 Å². The van der Waals surface area contributed by atoms with E-state index in [1.54, 1.807) is 0 Å². The van der Waals surface area contributed by atoms with Crippen molar-refractivity contribution in [3.05, 3.63) is 54.1 Å². The number of aryl methyl sites for hydroxylation is 2. The molecule has 0 saturated heterocycles. The Kier molecular flexibility index (Phi) is 5.81. The average Bonchev–Trinajstić information content (AvgIpc) is 2.85. The summed E-state index contributed by atoms with van der Waals surface area (Å²) in [6.07, 6.45) is 9.66. The molecule has 20 heavy (non-hydrogen) atoms. The molecular weight excluding hydrogens is 246 g/mol. The van der Waals surface area contributed by atoms with E-state index in [2.05, 4.69) is 46.9 Å². The Morgan fingerprint density at radius 3 is 2.65 bits per heavy atom. The summed E-state index contributed by atoms with van der Waals surface area (Å²) in [5.41, 5.74) is 7.53. The highest BCUT2D eigenvalue weighted by Gasteiger charge is 2.04. The van der Waals surface area contributed by atoms with Crippen LogP contribution in [0.1, 0.15) is 37.1 Å². The molecule has 3 nitrogen and oxygen atoms in total. The van der Waals surface area contributed by atoms with E-state index in [1.165, 1.54) is 24.8 Å². The molecule has 0 saturated carbocycles. The molecule has 0 bridgehead atoms. The standard InChI is InChI=1S/C17H25N3/c1-15-19-11-13-20(15)12-7-3-6-10-17(18)14-16-8-4-2-5-9-16/h2,4-5,8-9,11,13,17H,3,6-7,10,12,14,18H2,1H3. The zero-order chi connectivity index (χ0) is 14.2. The fourth-order valence-corrected chi connectivity index (χ4v) is 2.52. The van der Waals surface area contributed by atoms with Crippen LogP contribution in [-0.4, -0.2) is 15.6 Å². The van der Waals surface area contributed by atoms with E-state index in [4.69, 9.17) is 5.73 Å². The number of benzene rings is 1. The molecule has 0 amide bonds. The van der Waals surface area contributed by atoms with Gasteiger partial charge in [-0.25, -0.2) is 4.98 Å². The minimum Gasteiger partial charge on any atom is -0.335 e. The maximum absolute atomic E-state index is 6.19. The van der Waals surface area contributed by atoms with Crippen molar-refractivity contribution in [2.24, 2.45) is 5.73 Å². The van der Waals surface area contributed by atoms with Gasteiger partial charge in [0.05, 0.1) is 0 Å². The monoisotopic (exact) mass is 271 g/mol. The lowest BCUT2D eigenvalue weighted by atomic mass is 10.0. The molecule has 1 aromatic carbocycles. The molecule has 1 atom stereocenters. The fraction of sp³-hybridized carbons (Fsp3) is 0.471. The lowest BCUT2D eigenvalue weighted by Gasteiger charge is -2.11. The molecule has 0 aliphatic carbocycles. The maximum Gasteiger partial charge on any atom is 0.105 e. The van der Waals surface area contributed by atoms with Crippen LogP contribution < -0.4 is 5.73 Å². The van der Waals surface area contributed by atoms with Crippen LogP contribution in [0.3, 0.4) is 0 Å². The smallest absolute Gasteiger partial charge is 0.105 e. The number of imidazole rings is 1. The number of nitrogens with two attached hydrogens (primary N) is 1. The Hall–Kier alpha value is -1.61. The van der Waals surface area contributed by atoms with Gasteiger partial charge in [0.15, 0.2) is 0 Å². The molecule has 3 heteroatoms. The minimum absolute atomic E-state index is 0.285. The van der Waals surface area contributed by atoms with Crippen molar-refractivity contribution in [3.8, 4) is 0 Å². The molecule has 0 fully saturated rings. The van der Waals surface area contributed by atoms with Gasteiger partial charge in [-0.2, -0.15) is 0 Å². The van der Waals surface area contributed by atoms with E-state index in [9.17, 15) is 0 Å². The fourth-order valence-electron chi connectivity index (χ4n) is 2.52. The van der Waals surface area contributed by atoms with Crippen molar-refractivity contribution in [1.29, 1.82) is 0 Å². The predicted octanol–water partition coefficient (Wildman–Crippen LogP) is 3.32. The molecule has 2 rings (SSSR count). The van der Waals surface area contributed by atoms with Gasteiger partial charge in [0.2, 0.25) is 0 Å². The van der Waals surface area contributed by atoms with Crippen molar-refractivity contribution in [2.45, 2.75) is 51.6 Å². The van der Waals surface area contributed by atoms with Gasteiger partial charge in [0.25, 0.3) is 0 Å². The molecule has 2 aromatic rings. The second-order valence-corrected chi connectivity index (χ2v) is 5.47. The predicted molar refractivity (Wildman–Crippen MR) is 83.6 cm³/mol. The Balaban J connectivity index is 1.58. The average molecular weight is 271 g/mol. The molecule has 1 heterocycles. The van der Waals surface area contributed by atoms with Gasteiger partial charge in [-0.1, -0.05) is 43.2 Å². The summed E-state index contributed by atoms with van der Waals surface area (Å²) in [5.74, 6) is 1.10. The van der Waals surface area contributed by atoms with Crippen molar-refractivity contribution in [2.75, 3.05) is 0 Å². The lowest BCUT2D eigenvalue weighted by molar-refractivity contribution is 0.521. The van der Waals surface area contributed by atoms with Gasteiger partial charge >= 0.3 is 0 Å². The lowest BCUT2D eigenvalue weighted by Crippen LogP contribution is -2.22. The third-order valence-corrected chi connectivity index (χ3v) is 3.74. The highest BCUT2D eigenvalue weighted by molar-refractivity contribution is 5.15. The van der Waals surface area contributed by atoms with Crippen LogP contribution in [0.5, 0.6) is 0 Å². The molecule has 2 N–H and O–H groups in total. The first kappa shape index (κ1) is 14.8. The quantitative estimate of drug-likeness (QED) is 0.748. The van der Waals surface area contributed by atoms with Gasteiger partial charge in [-0.05, 0) is 31.7 Å². The van der Waals surface area contributed by atoms with E-state index in [1.807, 2.05) is 12.3 Å². The van der Waals surface area contributed by atoms with Gasteiger partial charge < -0.3 is 10.3 Å². The van der Waals surface area contributed by atoms with Crippen molar-refractivity contribution in [3.63, 3.8) is 0 Å². The minimum atomic E-state index is 0.285. The zero-order valence-electron chi connectivity index (χ0n) is 12.3. The molecule has 1 aromatic heterocycles. The molecule has 0 aliphatic heterocycles. The molecule has 0 radical (unpaired) electrons. The first-order valence-corrected chi connectivity index (χ1v) is 7.53. The summed E-state index contributed by atoms with van der Waals surface area (Å²) in [7, 11) is 0. The van der Waals surface area contributed by atoms with E-state index in [0.717, 1.165) is 25.2 Å². The third-order valence-electron chi connectivity index (χ3n) is 3.74. The number of rotatable bonds is 8. The summed E-state index contributed by atoms with van der Waals surface area (Å²) < 4.78 is 2.21. The Morgan fingerprint density at radius 1 is 1.15 bits per heavy atom. The topological polar surface area (TPSA) is 43.8 Å². The highest BCUT2D eigenvalue weighted by atomic mass is 15.0. The number of hydrogen-bond donors (Lipinski definition) is 1. The van der Waals surface area contributed by atoms with Crippen LogP contribution in [-0.2, 0) is 13.0 Å². The van der Waals surface area contributed by atoms with Crippen LogP contribution in [0.2, 0.25) is 0 Å². The number of hydrogen-bond acceptors (Lipinski definition) is 2. The van der Waals surface area contributed by atoms with Gasteiger partial charge in [0.1, 0.15) is 5.82 Å². The summed E-state index contributed by atoms with van der Waals surface area (Å²) in [6.45, 7) is 3.12. The normalized spacial score (nSPS) is 12.5. The molecule has 0 spiro atoms. The number of nitrogens with zero attached hydrogens (tertiary/aromatic N) is 2. The maximum atomic E-state index is 6.19. The Labute approximate surface area is 121 Å². The second-order valence-electron chi connectivity index (χ2n) is 5.47. The SMILES string of the molecule is Cc1nccn1CCCCCC(N)Cc1ccccc1. The van der Waals surface area contributed by atoms with E-state index in [0.29, 0.717) is 0 Å². The van der Waals surface area contributed by atoms with Crippen LogP contribution in [0.25, 0.3) is 0 Å². The third kappa shape index (κ3) is 4.82. The summed E-state index contributed by atoms with van der Waals surface area (Å²) in [6, 6.07) is 10.8. The largest absolute Gasteiger partial charge is 0.335 e. The van der Waals surface area contributed by atoms with Crippen molar-refractivity contribution < 1.29 is 0 Å². The zero-order valence-corrected chi connectivity index (χ0v) is 12.3. The van der Waals surface area contributed by atoms with Crippen LogP contribution >= 0.6 is 0 Å². The van der Waals surface area contributed by atoms with Crippen molar-refractivity contribution >= 4 is 0 Å². The second kappa shape index (κ2) is 7.85. The Bertz CT molecular complexity index is 490.